The summed E-state index contributed by atoms with van der Waals surface area (Å²) in [5.41, 5.74) is 1.61. The fourth-order valence-electron chi connectivity index (χ4n) is 4.68. The highest BCUT2D eigenvalue weighted by Crippen LogP contribution is 2.35. The summed E-state index contributed by atoms with van der Waals surface area (Å²) in [6.07, 6.45) is 2.81. The molecule has 5 rings (SSSR count). The summed E-state index contributed by atoms with van der Waals surface area (Å²) >= 11 is 1.11. The van der Waals surface area contributed by atoms with Gasteiger partial charge in [0.2, 0.25) is 6.29 Å². The van der Waals surface area contributed by atoms with Gasteiger partial charge in [0.05, 0.1) is 22.4 Å². The topological polar surface area (TPSA) is 132 Å². The van der Waals surface area contributed by atoms with E-state index in [1.807, 2.05) is 30.3 Å². The first kappa shape index (κ1) is 29.5. The highest BCUT2D eigenvalue weighted by molar-refractivity contribution is 7.07. The first-order chi connectivity index (χ1) is 20.6. The van der Waals surface area contributed by atoms with Gasteiger partial charge >= 0.3 is 17.9 Å². The Labute approximate surface area is 249 Å². The molecule has 11 nitrogen and oxygen atoms in total. The summed E-state index contributed by atoms with van der Waals surface area (Å²) in [6.45, 7) is 5.95. The van der Waals surface area contributed by atoms with Crippen molar-refractivity contribution in [2.24, 2.45) is 4.99 Å². The molecule has 3 aromatic rings. The Kier molecular flexibility index (Phi) is 8.58. The molecule has 0 spiro atoms. The van der Waals surface area contributed by atoms with Crippen LogP contribution in [0.2, 0.25) is 0 Å². The lowest BCUT2D eigenvalue weighted by molar-refractivity contribution is -0.139. The van der Waals surface area contributed by atoms with Crippen LogP contribution in [0.1, 0.15) is 44.9 Å². The predicted molar refractivity (Wildman–Crippen MR) is 155 cm³/mol. The number of thiazole rings is 1. The Bertz CT molecular complexity index is 1840. The Morgan fingerprint density at radius 2 is 1.77 bits per heavy atom. The van der Waals surface area contributed by atoms with Gasteiger partial charge in [-0.05, 0) is 43.2 Å². The first-order valence-corrected chi connectivity index (χ1v) is 14.2. The van der Waals surface area contributed by atoms with Gasteiger partial charge in [0.15, 0.2) is 22.1 Å². The van der Waals surface area contributed by atoms with Crippen LogP contribution in [0.3, 0.4) is 0 Å². The highest BCUT2D eigenvalue weighted by Gasteiger charge is 2.39. The van der Waals surface area contributed by atoms with Crippen molar-refractivity contribution >= 4 is 35.3 Å². The van der Waals surface area contributed by atoms with Gasteiger partial charge in [0.1, 0.15) is 12.3 Å². The summed E-state index contributed by atoms with van der Waals surface area (Å²) in [5.74, 6) is -1.45. The van der Waals surface area contributed by atoms with E-state index in [9.17, 15) is 19.2 Å². The molecule has 2 aromatic carbocycles. The first-order valence-electron chi connectivity index (χ1n) is 13.4. The summed E-state index contributed by atoms with van der Waals surface area (Å²) in [6, 6.07) is 13.2. The number of nitrogens with zero attached hydrogens (tertiary/aromatic N) is 2. The number of fused-ring (bicyclic) bond motifs is 1. The van der Waals surface area contributed by atoms with Gasteiger partial charge in [-0.15, -0.1) is 0 Å². The maximum atomic E-state index is 13.9. The molecule has 3 heterocycles. The predicted octanol–water partition coefficient (Wildman–Crippen LogP) is 3.06. The van der Waals surface area contributed by atoms with E-state index in [2.05, 4.69) is 4.99 Å². The van der Waals surface area contributed by atoms with Crippen LogP contribution in [0, 0.1) is 0 Å². The average molecular weight is 605 g/mol. The summed E-state index contributed by atoms with van der Waals surface area (Å²) in [4.78, 5) is 55.1. The molecule has 0 aliphatic carbocycles. The van der Waals surface area contributed by atoms with Crippen LogP contribution in [0.5, 0.6) is 11.5 Å². The zero-order chi connectivity index (χ0) is 30.7. The monoisotopic (exact) mass is 604 g/mol. The fraction of sp³-hybridized carbons (Fsp3) is 0.258. The van der Waals surface area contributed by atoms with Gasteiger partial charge in [-0.2, -0.15) is 0 Å². The molecule has 0 saturated heterocycles. The third-order valence-electron chi connectivity index (χ3n) is 6.41. The van der Waals surface area contributed by atoms with Crippen LogP contribution in [0.15, 0.2) is 81.6 Å². The number of aromatic nitrogens is 1. The Balaban J connectivity index is 1.56. The van der Waals surface area contributed by atoms with Crippen molar-refractivity contribution in [1.29, 1.82) is 0 Å². The molecule has 12 heteroatoms. The molecule has 0 bridgehead atoms. The van der Waals surface area contributed by atoms with Gasteiger partial charge in [-0.3, -0.25) is 19.0 Å². The van der Waals surface area contributed by atoms with E-state index in [1.54, 1.807) is 26.0 Å². The molecule has 0 fully saturated rings. The third kappa shape index (κ3) is 6.44. The molecule has 222 valence electrons. The van der Waals surface area contributed by atoms with Crippen molar-refractivity contribution in [3.05, 3.63) is 103 Å². The van der Waals surface area contributed by atoms with Crippen molar-refractivity contribution in [3.63, 3.8) is 0 Å². The van der Waals surface area contributed by atoms with Gasteiger partial charge in [-0.1, -0.05) is 47.7 Å². The highest BCUT2D eigenvalue weighted by atomic mass is 32.1. The van der Waals surface area contributed by atoms with Crippen LogP contribution in [0.25, 0.3) is 6.08 Å². The molecule has 1 aromatic heterocycles. The van der Waals surface area contributed by atoms with Crippen LogP contribution in [0.4, 0.5) is 0 Å². The summed E-state index contributed by atoms with van der Waals surface area (Å²) < 4.78 is 29.3. The number of carbonyl (C=O) groups is 3. The normalized spacial score (nSPS) is 17.7. The van der Waals surface area contributed by atoms with E-state index < -0.39 is 35.8 Å². The van der Waals surface area contributed by atoms with E-state index >= 15 is 0 Å². The summed E-state index contributed by atoms with van der Waals surface area (Å²) in [5, 5.41) is 0. The van der Waals surface area contributed by atoms with Crippen molar-refractivity contribution in [2.75, 3.05) is 6.61 Å². The van der Waals surface area contributed by atoms with Crippen LogP contribution in [-0.4, -0.2) is 35.4 Å². The number of hydrogen-bond donors (Lipinski definition) is 0. The summed E-state index contributed by atoms with van der Waals surface area (Å²) in [7, 11) is 0. The molecule has 0 saturated carbocycles. The molecule has 43 heavy (non-hydrogen) atoms. The van der Waals surface area contributed by atoms with Crippen LogP contribution in [-0.2, 0) is 35.0 Å². The Hall–Kier alpha value is -4.97. The number of ether oxygens (including phenoxy) is 5. The number of hydrogen-bond acceptors (Lipinski definition) is 11. The zero-order valence-corrected chi connectivity index (χ0v) is 24.6. The molecule has 0 N–H and O–H groups in total. The second kappa shape index (κ2) is 12.5. The van der Waals surface area contributed by atoms with Gasteiger partial charge in [0, 0.05) is 20.3 Å². The molecular formula is C31H28N2O9S. The largest absolute Gasteiger partial charge is 0.463 e. The van der Waals surface area contributed by atoms with Gasteiger partial charge in [-0.25, -0.2) is 9.79 Å². The lowest BCUT2D eigenvalue weighted by atomic mass is 10.0. The zero-order valence-electron chi connectivity index (χ0n) is 23.8. The van der Waals surface area contributed by atoms with E-state index in [-0.39, 0.29) is 34.0 Å². The standard InChI is InChI=1S/C31H28N2O9S/c1-5-38-30(37)27-17(2)32-31-33(28(27)24-16-39-26(42-24)15-20-9-7-6-8-10-20)29(36)25(43-31)14-21-11-12-22(40-18(3)34)23(13-21)41-19(4)35/h6-14,16,26,28H,5,15H2,1-4H3. The second-order valence-corrected chi connectivity index (χ2v) is 10.6. The Morgan fingerprint density at radius 1 is 1.05 bits per heavy atom. The third-order valence-corrected chi connectivity index (χ3v) is 7.39. The minimum Gasteiger partial charge on any atom is -0.463 e. The molecule has 2 aliphatic rings. The van der Waals surface area contributed by atoms with Crippen molar-refractivity contribution in [1.82, 2.24) is 4.57 Å². The lowest BCUT2D eigenvalue weighted by Gasteiger charge is -2.24. The van der Waals surface area contributed by atoms with Gasteiger partial charge in [0.25, 0.3) is 5.56 Å². The van der Waals surface area contributed by atoms with E-state index in [0.29, 0.717) is 22.5 Å². The van der Waals surface area contributed by atoms with Crippen LogP contribution < -0.4 is 24.4 Å². The molecule has 0 amide bonds. The number of rotatable bonds is 8. The maximum absolute atomic E-state index is 13.9. The molecule has 2 aliphatic heterocycles. The van der Waals surface area contributed by atoms with E-state index in [1.165, 1.54) is 36.8 Å². The lowest BCUT2D eigenvalue weighted by Crippen LogP contribution is -2.40. The van der Waals surface area contributed by atoms with Crippen molar-refractivity contribution in [2.45, 2.75) is 46.4 Å². The van der Waals surface area contributed by atoms with E-state index in [0.717, 1.165) is 16.9 Å². The van der Waals surface area contributed by atoms with E-state index in [4.69, 9.17) is 23.7 Å². The maximum Gasteiger partial charge on any atom is 0.338 e. The number of esters is 3. The average Bonchev–Trinajstić information content (AvgIpc) is 3.53. The number of benzene rings is 2. The SMILES string of the molecule is CCOC(=O)C1=C(C)N=c2sc(=Cc3ccc(OC(C)=O)c(OC(C)=O)c3)c(=O)n2C1C1=COC(Cc2ccccc2)O1. The Morgan fingerprint density at radius 3 is 2.47 bits per heavy atom. The van der Waals surface area contributed by atoms with Gasteiger partial charge < -0.3 is 23.7 Å². The minimum absolute atomic E-state index is 0.0219. The van der Waals surface area contributed by atoms with Crippen LogP contribution >= 0.6 is 11.3 Å². The van der Waals surface area contributed by atoms with Crippen molar-refractivity contribution in [3.8, 4) is 11.5 Å². The number of allylic oxidation sites excluding steroid dienone is 2. The molecule has 0 radical (unpaired) electrons. The second-order valence-electron chi connectivity index (χ2n) is 9.59. The smallest absolute Gasteiger partial charge is 0.338 e. The minimum atomic E-state index is -0.971. The molecule has 2 atom stereocenters. The quantitative estimate of drug-likeness (QED) is 0.281. The molecule has 2 unspecified atom stereocenters. The van der Waals surface area contributed by atoms with Crippen molar-refractivity contribution < 1.29 is 38.1 Å². The molecular weight excluding hydrogens is 576 g/mol. The fourth-order valence-corrected chi connectivity index (χ4v) is 5.72. The number of carbonyl (C=O) groups excluding carboxylic acids is 3.